The molecule has 6 rings (SSSR count). The Labute approximate surface area is 234 Å². The molecule has 0 radical (unpaired) electrons. The SMILES string of the molecule is C[C@]1(C(N)=O)COc2c1cc(C1(CNC(=O)c3cc(OCCO)c4ncccc4c3)C=C1)nc2-c1ccc(F)cc1. The lowest BCUT2D eigenvalue weighted by molar-refractivity contribution is -0.123. The molecule has 9 nitrogen and oxygen atoms in total. The van der Waals surface area contributed by atoms with Crippen LogP contribution in [0.5, 0.6) is 11.5 Å². The number of hydrogen-bond donors (Lipinski definition) is 3. The standard InChI is InChI=1S/C31H27FN4O5/c1-30(29(33)39)17-41-27-22(30)15-24(36-26(27)18-4-6-21(32)7-5-18)31(8-9-31)16-35-28(38)20-13-19-3-2-10-34-25(19)23(14-20)40-12-11-37/h2-10,13-15,37H,11-12,16-17H2,1H3,(H2,33,39)(H,35,38)/t30-/m0/s1. The van der Waals surface area contributed by atoms with E-state index in [1.165, 1.54) is 12.1 Å². The van der Waals surface area contributed by atoms with Crippen LogP contribution in [0.3, 0.4) is 0 Å². The van der Waals surface area contributed by atoms with Crippen molar-refractivity contribution in [3.63, 3.8) is 0 Å². The van der Waals surface area contributed by atoms with Crippen molar-refractivity contribution in [2.24, 2.45) is 5.73 Å². The highest BCUT2D eigenvalue weighted by Crippen LogP contribution is 2.48. The van der Waals surface area contributed by atoms with Gasteiger partial charge in [-0.05, 0) is 55.5 Å². The Kier molecular flexibility index (Phi) is 6.42. The van der Waals surface area contributed by atoms with Crippen LogP contribution >= 0.6 is 0 Å². The molecule has 3 heterocycles. The molecule has 0 unspecified atom stereocenters. The lowest BCUT2D eigenvalue weighted by Crippen LogP contribution is -2.40. The van der Waals surface area contributed by atoms with Crippen LogP contribution in [0.2, 0.25) is 0 Å². The topological polar surface area (TPSA) is 137 Å². The Morgan fingerprint density at radius 2 is 1.95 bits per heavy atom. The summed E-state index contributed by atoms with van der Waals surface area (Å²) in [5.74, 6) is -0.419. The number of nitrogens with two attached hydrogens (primary N) is 1. The highest BCUT2D eigenvalue weighted by molar-refractivity contribution is 6.00. The summed E-state index contributed by atoms with van der Waals surface area (Å²) in [7, 11) is 0. The van der Waals surface area contributed by atoms with E-state index in [-0.39, 0.29) is 38.1 Å². The third-order valence-electron chi connectivity index (χ3n) is 7.60. The number of aliphatic hydroxyl groups excluding tert-OH is 1. The number of primary amides is 1. The van der Waals surface area contributed by atoms with Gasteiger partial charge in [0.15, 0.2) is 0 Å². The zero-order valence-corrected chi connectivity index (χ0v) is 22.2. The zero-order chi connectivity index (χ0) is 28.8. The van der Waals surface area contributed by atoms with E-state index < -0.39 is 16.7 Å². The number of fused-ring (bicyclic) bond motifs is 2. The molecule has 4 N–H and O–H groups in total. The van der Waals surface area contributed by atoms with E-state index in [4.69, 9.17) is 20.2 Å². The number of ether oxygens (including phenoxy) is 2. The summed E-state index contributed by atoms with van der Waals surface area (Å²) in [4.78, 5) is 35.0. The Balaban J connectivity index is 1.33. The molecule has 0 saturated heterocycles. The first-order chi connectivity index (χ1) is 19.7. The minimum atomic E-state index is -1.08. The van der Waals surface area contributed by atoms with Crippen molar-refractivity contribution >= 4 is 22.7 Å². The number of benzene rings is 2. The molecule has 1 aliphatic carbocycles. The molecule has 2 aromatic heterocycles. The molecule has 2 amide bonds. The Morgan fingerprint density at radius 1 is 1.17 bits per heavy atom. The lowest BCUT2D eigenvalue weighted by atomic mass is 9.82. The average Bonchev–Trinajstić information content (AvgIpc) is 3.70. The van der Waals surface area contributed by atoms with Crippen LogP contribution in [0.15, 0.2) is 72.9 Å². The molecule has 0 spiro atoms. The van der Waals surface area contributed by atoms with Crippen molar-refractivity contribution in [2.75, 3.05) is 26.4 Å². The molecular formula is C31H27FN4O5. The number of hydrogen-bond acceptors (Lipinski definition) is 7. The van der Waals surface area contributed by atoms with Gasteiger partial charge in [-0.15, -0.1) is 0 Å². The smallest absolute Gasteiger partial charge is 0.251 e. The van der Waals surface area contributed by atoms with Crippen molar-refractivity contribution in [1.82, 2.24) is 15.3 Å². The van der Waals surface area contributed by atoms with Gasteiger partial charge in [0.25, 0.3) is 5.91 Å². The Bertz CT molecular complexity index is 1720. The molecule has 41 heavy (non-hydrogen) atoms. The van der Waals surface area contributed by atoms with Crippen LogP contribution in [-0.2, 0) is 15.6 Å². The minimum Gasteiger partial charge on any atom is -0.489 e. The van der Waals surface area contributed by atoms with Gasteiger partial charge >= 0.3 is 0 Å². The molecule has 0 saturated carbocycles. The van der Waals surface area contributed by atoms with Crippen molar-refractivity contribution < 1.29 is 28.6 Å². The van der Waals surface area contributed by atoms with Gasteiger partial charge in [-0.1, -0.05) is 18.2 Å². The summed E-state index contributed by atoms with van der Waals surface area (Å²) in [5.41, 5.74) is 7.26. The fraction of sp³-hybridized carbons (Fsp3) is 0.226. The van der Waals surface area contributed by atoms with Crippen LogP contribution < -0.4 is 20.5 Å². The third kappa shape index (κ3) is 4.66. The van der Waals surface area contributed by atoms with Gasteiger partial charge in [0.1, 0.15) is 47.2 Å². The van der Waals surface area contributed by atoms with Crippen LogP contribution in [0.4, 0.5) is 4.39 Å². The summed E-state index contributed by atoms with van der Waals surface area (Å²) in [5, 5.41) is 12.9. The molecule has 0 bridgehead atoms. The maximum absolute atomic E-state index is 13.7. The second kappa shape index (κ2) is 9.97. The van der Waals surface area contributed by atoms with E-state index in [0.717, 1.165) is 5.39 Å². The van der Waals surface area contributed by atoms with Crippen LogP contribution in [0, 0.1) is 5.82 Å². The first-order valence-electron chi connectivity index (χ1n) is 13.1. The van der Waals surface area contributed by atoms with E-state index in [1.54, 1.807) is 49.5 Å². The van der Waals surface area contributed by atoms with E-state index in [1.807, 2.05) is 18.2 Å². The molecule has 4 aromatic rings. The predicted molar refractivity (Wildman–Crippen MR) is 149 cm³/mol. The number of carbonyl (C=O) groups excluding carboxylic acids is 2. The van der Waals surface area contributed by atoms with Crippen molar-refractivity contribution in [2.45, 2.75) is 17.8 Å². The van der Waals surface area contributed by atoms with E-state index >= 15 is 0 Å². The van der Waals surface area contributed by atoms with Gasteiger partial charge in [-0.3, -0.25) is 14.6 Å². The van der Waals surface area contributed by atoms with Crippen LogP contribution in [-0.4, -0.2) is 53.3 Å². The number of aromatic nitrogens is 2. The van der Waals surface area contributed by atoms with Gasteiger partial charge in [0.05, 0.1) is 17.7 Å². The third-order valence-corrected chi connectivity index (χ3v) is 7.60. The number of aliphatic hydroxyl groups is 1. The normalized spacial score (nSPS) is 18.0. The Morgan fingerprint density at radius 3 is 2.66 bits per heavy atom. The van der Waals surface area contributed by atoms with Crippen LogP contribution in [0.25, 0.3) is 22.2 Å². The van der Waals surface area contributed by atoms with Crippen molar-refractivity contribution in [3.8, 4) is 22.8 Å². The van der Waals surface area contributed by atoms with Gasteiger partial charge in [-0.2, -0.15) is 0 Å². The average molecular weight is 555 g/mol. The van der Waals surface area contributed by atoms with E-state index in [2.05, 4.69) is 10.3 Å². The predicted octanol–water partition coefficient (Wildman–Crippen LogP) is 3.18. The second-order valence-corrected chi connectivity index (χ2v) is 10.4. The fourth-order valence-electron chi connectivity index (χ4n) is 4.99. The molecular weight excluding hydrogens is 527 g/mol. The molecule has 0 fully saturated rings. The molecule has 1 aliphatic heterocycles. The summed E-state index contributed by atoms with van der Waals surface area (Å²) in [6.07, 6.45) is 5.48. The highest BCUT2D eigenvalue weighted by Gasteiger charge is 2.46. The number of amides is 2. The minimum absolute atomic E-state index is 0.0612. The fourth-order valence-corrected chi connectivity index (χ4v) is 4.99. The van der Waals surface area contributed by atoms with Gasteiger partial charge in [0, 0.05) is 34.8 Å². The lowest BCUT2D eigenvalue weighted by Gasteiger charge is -2.22. The van der Waals surface area contributed by atoms with Gasteiger partial charge < -0.3 is 25.6 Å². The largest absolute Gasteiger partial charge is 0.489 e. The molecule has 208 valence electrons. The van der Waals surface area contributed by atoms with Crippen molar-refractivity contribution in [1.29, 1.82) is 0 Å². The second-order valence-electron chi connectivity index (χ2n) is 10.4. The van der Waals surface area contributed by atoms with Crippen molar-refractivity contribution in [3.05, 3.63) is 95.6 Å². The van der Waals surface area contributed by atoms with Gasteiger partial charge in [0.2, 0.25) is 5.91 Å². The monoisotopic (exact) mass is 554 g/mol. The summed E-state index contributed by atoms with van der Waals surface area (Å²) < 4.78 is 25.3. The van der Waals surface area contributed by atoms with E-state index in [9.17, 15) is 19.1 Å². The number of pyridine rings is 2. The number of nitrogens with zero attached hydrogens (tertiary/aromatic N) is 2. The maximum Gasteiger partial charge on any atom is 0.251 e. The highest BCUT2D eigenvalue weighted by atomic mass is 19.1. The first kappa shape index (κ1) is 26.4. The summed E-state index contributed by atoms with van der Waals surface area (Å²) in [6, 6.07) is 14.6. The molecule has 1 atom stereocenters. The molecule has 10 heteroatoms. The number of carbonyl (C=O) groups is 2. The molecule has 2 aromatic carbocycles. The molecule has 2 aliphatic rings. The van der Waals surface area contributed by atoms with E-state index in [0.29, 0.717) is 45.1 Å². The maximum atomic E-state index is 13.7. The summed E-state index contributed by atoms with van der Waals surface area (Å²) in [6.45, 7) is 1.88. The summed E-state index contributed by atoms with van der Waals surface area (Å²) >= 11 is 0. The number of nitrogens with one attached hydrogen (secondary N) is 1. The number of halogens is 1. The quantitative estimate of drug-likeness (QED) is 0.270. The first-order valence-corrected chi connectivity index (χ1v) is 13.1. The van der Waals surface area contributed by atoms with Gasteiger partial charge in [-0.25, -0.2) is 9.37 Å². The number of rotatable bonds is 9. The zero-order valence-electron chi connectivity index (χ0n) is 22.2. The Hall–Kier alpha value is -4.83. The van der Waals surface area contributed by atoms with Crippen LogP contribution in [0.1, 0.15) is 28.5 Å².